The van der Waals surface area contributed by atoms with Crippen molar-refractivity contribution >= 4 is 0 Å². The number of aryl methyl sites for hydroxylation is 1. The summed E-state index contributed by atoms with van der Waals surface area (Å²) in [6.07, 6.45) is 6.15. The third kappa shape index (κ3) is 2.64. The lowest BCUT2D eigenvalue weighted by Crippen LogP contribution is -2.35. The lowest BCUT2D eigenvalue weighted by atomic mass is 9.62. The fraction of sp³-hybridized carbons (Fsp3) is 0.625. The highest BCUT2D eigenvalue weighted by Gasteiger charge is 2.44. The van der Waals surface area contributed by atoms with Crippen LogP contribution in [0.4, 0.5) is 0 Å². The highest BCUT2D eigenvalue weighted by molar-refractivity contribution is 5.28. The third-order valence-corrected chi connectivity index (χ3v) is 4.62. The van der Waals surface area contributed by atoms with E-state index in [2.05, 4.69) is 24.9 Å². The Balaban J connectivity index is 2.29. The van der Waals surface area contributed by atoms with E-state index in [1.807, 2.05) is 13.0 Å². The lowest BCUT2D eigenvalue weighted by Gasteiger charge is -2.42. The van der Waals surface area contributed by atoms with Crippen LogP contribution in [0.5, 0.6) is 0 Å². The zero-order valence-electron chi connectivity index (χ0n) is 12.0. The molecule has 0 saturated heterocycles. The van der Waals surface area contributed by atoms with E-state index >= 15 is 0 Å². The summed E-state index contributed by atoms with van der Waals surface area (Å²) in [7, 11) is 0. The number of nitriles is 1. The van der Waals surface area contributed by atoms with Gasteiger partial charge in [-0.2, -0.15) is 5.26 Å². The van der Waals surface area contributed by atoms with Gasteiger partial charge in [0.1, 0.15) is 0 Å². The van der Waals surface area contributed by atoms with Gasteiger partial charge in [-0.05, 0) is 49.7 Å². The molecule has 0 bridgehead atoms. The second-order valence-corrected chi connectivity index (χ2v) is 6.57. The van der Waals surface area contributed by atoms with E-state index in [1.54, 1.807) is 12.4 Å². The summed E-state index contributed by atoms with van der Waals surface area (Å²) in [6, 6.07) is 4.29. The summed E-state index contributed by atoms with van der Waals surface area (Å²) in [5.74, 6) is 0. The summed E-state index contributed by atoms with van der Waals surface area (Å²) in [4.78, 5) is 4.09. The predicted octanol–water partition coefficient (Wildman–Crippen LogP) is 3.53. The number of hydrogen-bond donors (Lipinski definition) is 1. The van der Waals surface area contributed by atoms with Crippen LogP contribution in [-0.4, -0.2) is 10.1 Å². The largest absolute Gasteiger partial charge is 0.387 e. The van der Waals surface area contributed by atoms with Gasteiger partial charge in [-0.1, -0.05) is 13.8 Å². The Morgan fingerprint density at radius 2 is 1.95 bits per heavy atom. The monoisotopic (exact) mass is 258 g/mol. The predicted molar refractivity (Wildman–Crippen MR) is 74.2 cm³/mol. The lowest BCUT2D eigenvalue weighted by molar-refractivity contribution is 0.00900. The first-order valence-electron chi connectivity index (χ1n) is 6.90. The first-order chi connectivity index (χ1) is 8.90. The summed E-state index contributed by atoms with van der Waals surface area (Å²) in [5, 5.41) is 20.3. The van der Waals surface area contributed by atoms with Crippen molar-refractivity contribution in [3.8, 4) is 6.07 Å². The van der Waals surface area contributed by atoms with Gasteiger partial charge in [-0.25, -0.2) is 0 Å². The molecule has 19 heavy (non-hydrogen) atoms. The van der Waals surface area contributed by atoms with Crippen LogP contribution in [0.2, 0.25) is 0 Å². The molecule has 1 unspecified atom stereocenters. The summed E-state index contributed by atoms with van der Waals surface area (Å²) in [5.41, 5.74) is 1.43. The first kappa shape index (κ1) is 14.0. The van der Waals surface area contributed by atoms with E-state index in [0.29, 0.717) is 0 Å². The minimum atomic E-state index is -0.734. The Kier molecular flexibility index (Phi) is 3.64. The number of aromatic nitrogens is 1. The van der Waals surface area contributed by atoms with Gasteiger partial charge in [0.15, 0.2) is 0 Å². The third-order valence-electron chi connectivity index (χ3n) is 4.62. The summed E-state index contributed by atoms with van der Waals surface area (Å²) in [6.45, 7) is 6.42. The summed E-state index contributed by atoms with van der Waals surface area (Å²) < 4.78 is 0. The summed E-state index contributed by atoms with van der Waals surface area (Å²) >= 11 is 0. The fourth-order valence-corrected chi connectivity index (χ4v) is 2.88. The molecule has 3 heteroatoms. The minimum Gasteiger partial charge on any atom is -0.387 e. The van der Waals surface area contributed by atoms with Gasteiger partial charge >= 0.3 is 0 Å². The molecule has 2 rings (SSSR count). The second-order valence-electron chi connectivity index (χ2n) is 6.57. The Morgan fingerprint density at radius 1 is 1.32 bits per heavy atom. The fourth-order valence-electron chi connectivity index (χ4n) is 2.88. The Hall–Kier alpha value is -1.40. The van der Waals surface area contributed by atoms with Crippen molar-refractivity contribution in [2.45, 2.75) is 52.6 Å². The highest BCUT2D eigenvalue weighted by Crippen LogP contribution is 2.51. The smallest absolute Gasteiger partial charge is 0.0993 e. The standard InChI is InChI=1S/C16H22N2O/c1-12-4-9-18-10-13(12)14(19)16(11-17)7-5-15(2,3)6-8-16/h4,9-10,14,19H,5-8H2,1-3H3. The molecule has 1 fully saturated rings. The zero-order chi connectivity index (χ0) is 14.1. The van der Waals surface area contributed by atoms with Crippen LogP contribution in [0, 0.1) is 29.1 Å². The van der Waals surface area contributed by atoms with Crippen LogP contribution >= 0.6 is 0 Å². The number of rotatable bonds is 2. The van der Waals surface area contributed by atoms with Gasteiger partial charge < -0.3 is 5.11 Å². The van der Waals surface area contributed by atoms with Gasteiger partial charge in [0.05, 0.1) is 17.6 Å². The van der Waals surface area contributed by atoms with Crippen LogP contribution in [0.1, 0.15) is 56.8 Å². The number of hydrogen-bond acceptors (Lipinski definition) is 3. The van der Waals surface area contributed by atoms with Gasteiger partial charge in [-0.15, -0.1) is 0 Å². The maximum absolute atomic E-state index is 10.7. The molecule has 1 aliphatic rings. The molecular weight excluding hydrogens is 236 g/mol. The quantitative estimate of drug-likeness (QED) is 0.882. The molecule has 0 aromatic carbocycles. The van der Waals surface area contributed by atoms with Crippen molar-refractivity contribution in [3.05, 3.63) is 29.6 Å². The topological polar surface area (TPSA) is 56.9 Å². The normalized spacial score (nSPS) is 22.5. The molecular formula is C16H22N2O. The maximum atomic E-state index is 10.7. The van der Waals surface area contributed by atoms with Crippen LogP contribution in [0.25, 0.3) is 0 Å². The molecule has 1 atom stereocenters. The van der Waals surface area contributed by atoms with Crippen molar-refractivity contribution in [1.29, 1.82) is 5.26 Å². The van der Waals surface area contributed by atoms with Crippen LogP contribution in [0.15, 0.2) is 18.5 Å². The molecule has 0 radical (unpaired) electrons. The van der Waals surface area contributed by atoms with E-state index in [9.17, 15) is 10.4 Å². The molecule has 1 aliphatic carbocycles. The zero-order valence-corrected chi connectivity index (χ0v) is 12.0. The van der Waals surface area contributed by atoms with Gasteiger partial charge in [0, 0.05) is 18.0 Å². The molecule has 1 heterocycles. The first-order valence-corrected chi connectivity index (χ1v) is 6.90. The van der Waals surface area contributed by atoms with E-state index < -0.39 is 11.5 Å². The van der Waals surface area contributed by atoms with Gasteiger partial charge in [-0.3, -0.25) is 4.98 Å². The van der Waals surface area contributed by atoms with Crippen molar-refractivity contribution in [1.82, 2.24) is 4.98 Å². The molecule has 102 valence electrons. The number of nitrogens with zero attached hydrogens (tertiary/aromatic N) is 2. The molecule has 3 nitrogen and oxygen atoms in total. The van der Waals surface area contributed by atoms with Gasteiger partial charge in [0.2, 0.25) is 0 Å². The average molecular weight is 258 g/mol. The maximum Gasteiger partial charge on any atom is 0.0993 e. The van der Waals surface area contributed by atoms with Gasteiger partial charge in [0.25, 0.3) is 0 Å². The second kappa shape index (κ2) is 4.94. The molecule has 0 amide bonds. The van der Waals surface area contributed by atoms with Crippen LogP contribution < -0.4 is 0 Å². The Bertz CT molecular complexity index is 492. The Labute approximate surface area is 115 Å². The molecule has 1 aromatic heterocycles. The van der Waals surface area contributed by atoms with Crippen molar-refractivity contribution in [2.75, 3.05) is 0 Å². The van der Waals surface area contributed by atoms with Crippen LogP contribution in [0.3, 0.4) is 0 Å². The molecule has 1 N–H and O–H groups in total. The number of aliphatic hydroxyl groups excluding tert-OH is 1. The number of aliphatic hydroxyl groups is 1. The van der Waals surface area contributed by atoms with E-state index in [-0.39, 0.29) is 5.41 Å². The van der Waals surface area contributed by atoms with Crippen molar-refractivity contribution in [3.63, 3.8) is 0 Å². The van der Waals surface area contributed by atoms with Crippen molar-refractivity contribution in [2.24, 2.45) is 10.8 Å². The molecule has 1 aromatic rings. The molecule has 1 saturated carbocycles. The molecule has 0 aliphatic heterocycles. The SMILES string of the molecule is Cc1ccncc1C(O)C1(C#N)CCC(C)(C)CC1. The number of pyridine rings is 1. The van der Waals surface area contributed by atoms with Crippen molar-refractivity contribution < 1.29 is 5.11 Å². The molecule has 0 spiro atoms. The highest BCUT2D eigenvalue weighted by atomic mass is 16.3. The minimum absolute atomic E-state index is 0.282. The Morgan fingerprint density at radius 3 is 2.47 bits per heavy atom. The van der Waals surface area contributed by atoms with E-state index in [4.69, 9.17) is 0 Å². The van der Waals surface area contributed by atoms with Crippen LogP contribution in [-0.2, 0) is 0 Å². The average Bonchev–Trinajstić information content (AvgIpc) is 2.39. The van der Waals surface area contributed by atoms with E-state index in [0.717, 1.165) is 36.8 Å². The van der Waals surface area contributed by atoms with E-state index in [1.165, 1.54) is 0 Å².